The van der Waals surface area contributed by atoms with Gasteiger partial charge in [-0.3, -0.25) is 4.98 Å². The van der Waals surface area contributed by atoms with Gasteiger partial charge in [-0.15, -0.1) is 11.3 Å². The van der Waals surface area contributed by atoms with E-state index in [0.717, 1.165) is 33.8 Å². The molecule has 0 radical (unpaired) electrons. The predicted octanol–water partition coefficient (Wildman–Crippen LogP) is 6.26. The van der Waals surface area contributed by atoms with E-state index in [-0.39, 0.29) is 0 Å². The molecular weight excluding hydrogens is 362 g/mol. The Hall–Kier alpha value is -2.20. The zero-order valence-electron chi connectivity index (χ0n) is 14.3. The van der Waals surface area contributed by atoms with Crippen LogP contribution in [0.25, 0.3) is 21.3 Å². The fraction of sp³-hybridized carbons (Fsp3) is 0.136. The van der Waals surface area contributed by atoms with Crippen molar-refractivity contribution in [1.82, 2.24) is 4.98 Å². The summed E-state index contributed by atoms with van der Waals surface area (Å²) >= 11 is 8.09. The molecule has 0 saturated carbocycles. The van der Waals surface area contributed by atoms with Crippen LogP contribution < -0.4 is 0 Å². The van der Waals surface area contributed by atoms with Crippen LogP contribution in [0.3, 0.4) is 0 Å². The van der Waals surface area contributed by atoms with E-state index in [9.17, 15) is 5.11 Å². The van der Waals surface area contributed by atoms with Crippen molar-refractivity contribution in [3.63, 3.8) is 0 Å². The molecule has 26 heavy (non-hydrogen) atoms. The Bertz CT molecular complexity index is 1070. The summed E-state index contributed by atoms with van der Waals surface area (Å²) < 4.78 is 1.21. The summed E-state index contributed by atoms with van der Waals surface area (Å²) in [5, 5.41) is 11.9. The highest BCUT2D eigenvalue weighted by atomic mass is 35.5. The van der Waals surface area contributed by atoms with Crippen molar-refractivity contribution < 1.29 is 5.11 Å². The number of hydrogen-bond acceptors (Lipinski definition) is 3. The van der Waals surface area contributed by atoms with E-state index in [4.69, 9.17) is 11.6 Å². The minimum absolute atomic E-state index is 0.505. The molecule has 2 heterocycles. The van der Waals surface area contributed by atoms with Gasteiger partial charge in [0.2, 0.25) is 0 Å². The van der Waals surface area contributed by atoms with Crippen LogP contribution in [0.2, 0.25) is 5.02 Å². The summed E-state index contributed by atoms with van der Waals surface area (Å²) in [4.78, 5) is 5.79. The quantitative estimate of drug-likeness (QED) is 0.454. The first-order valence-corrected chi connectivity index (χ1v) is 9.70. The third-order valence-corrected chi connectivity index (χ3v) is 6.01. The lowest BCUT2D eigenvalue weighted by molar-refractivity contribution is 0.199. The molecule has 2 aromatic carbocycles. The Kier molecular flexibility index (Phi) is 4.77. The number of nitrogens with zero attached hydrogens (tertiary/aromatic N) is 1. The molecule has 0 aliphatic carbocycles. The zero-order chi connectivity index (χ0) is 18.1. The number of benzene rings is 2. The van der Waals surface area contributed by atoms with Gasteiger partial charge >= 0.3 is 0 Å². The Morgan fingerprint density at radius 1 is 1.08 bits per heavy atom. The molecule has 4 rings (SSSR count). The van der Waals surface area contributed by atoms with E-state index in [1.165, 1.54) is 15.0 Å². The molecule has 0 amide bonds. The van der Waals surface area contributed by atoms with Gasteiger partial charge < -0.3 is 5.11 Å². The molecule has 1 atom stereocenters. The minimum Gasteiger partial charge on any atom is -0.389 e. The van der Waals surface area contributed by atoms with Crippen LogP contribution in [0.15, 0.2) is 66.9 Å². The maximum absolute atomic E-state index is 9.86. The lowest BCUT2D eigenvalue weighted by Gasteiger charge is -2.07. The third kappa shape index (κ3) is 3.38. The summed E-state index contributed by atoms with van der Waals surface area (Å²) in [5.74, 6) is 0. The smallest absolute Gasteiger partial charge is 0.0763 e. The van der Waals surface area contributed by atoms with Crippen LogP contribution in [-0.4, -0.2) is 10.1 Å². The molecule has 0 saturated heterocycles. The van der Waals surface area contributed by atoms with Gasteiger partial charge in [-0.2, -0.15) is 0 Å². The van der Waals surface area contributed by atoms with Crippen LogP contribution in [0.4, 0.5) is 0 Å². The van der Waals surface area contributed by atoms with Crippen LogP contribution in [0.5, 0.6) is 0 Å². The van der Waals surface area contributed by atoms with E-state index in [1.54, 1.807) is 24.5 Å². The fourth-order valence-corrected chi connectivity index (χ4v) is 4.49. The molecule has 0 spiro atoms. The number of hydrogen-bond donors (Lipinski definition) is 1. The topological polar surface area (TPSA) is 33.1 Å². The van der Waals surface area contributed by atoms with Crippen molar-refractivity contribution in [1.29, 1.82) is 0 Å². The molecule has 0 aliphatic rings. The molecule has 0 bridgehead atoms. The molecule has 130 valence electrons. The Labute approximate surface area is 161 Å². The van der Waals surface area contributed by atoms with E-state index in [2.05, 4.69) is 35.3 Å². The maximum atomic E-state index is 9.86. The summed E-state index contributed by atoms with van der Waals surface area (Å²) in [6.45, 7) is 1.77. The van der Waals surface area contributed by atoms with Gasteiger partial charge in [0.05, 0.1) is 11.8 Å². The number of aliphatic hydroxyl groups excluding tert-OH is 1. The summed E-state index contributed by atoms with van der Waals surface area (Å²) in [6, 6.07) is 20.3. The number of pyridine rings is 1. The number of rotatable bonds is 4. The molecule has 2 nitrogen and oxygen atoms in total. The van der Waals surface area contributed by atoms with E-state index in [1.807, 2.05) is 30.3 Å². The molecule has 0 fully saturated rings. The molecule has 1 N–H and O–H groups in total. The lowest BCUT2D eigenvalue weighted by atomic mass is 10.0. The fourth-order valence-electron chi connectivity index (χ4n) is 3.09. The standard InChI is InChI=1S/C22H18ClNOS/c1-14(25)15-9-10-24-21(13-15)19-7-4-6-17-12-18(26-22(17)19)11-16-5-2-3-8-20(16)23/h2-10,12-14,25H,11H2,1H3. The van der Waals surface area contributed by atoms with Gasteiger partial charge in [-0.25, -0.2) is 0 Å². The van der Waals surface area contributed by atoms with Gasteiger partial charge in [0.15, 0.2) is 0 Å². The van der Waals surface area contributed by atoms with E-state index in [0.29, 0.717) is 0 Å². The number of aromatic nitrogens is 1. The first-order chi connectivity index (χ1) is 12.6. The second-order valence-corrected chi connectivity index (χ2v) is 7.90. The largest absolute Gasteiger partial charge is 0.389 e. The van der Waals surface area contributed by atoms with Gasteiger partial charge in [0.1, 0.15) is 0 Å². The van der Waals surface area contributed by atoms with Crippen LogP contribution >= 0.6 is 22.9 Å². The van der Waals surface area contributed by atoms with Crippen LogP contribution in [0.1, 0.15) is 29.0 Å². The Morgan fingerprint density at radius 2 is 1.92 bits per heavy atom. The van der Waals surface area contributed by atoms with E-state index < -0.39 is 6.10 Å². The highest BCUT2D eigenvalue weighted by Gasteiger charge is 2.12. The highest BCUT2D eigenvalue weighted by molar-refractivity contribution is 7.19. The first kappa shape index (κ1) is 17.2. The number of aliphatic hydroxyl groups is 1. The van der Waals surface area contributed by atoms with Crippen molar-refractivity contribution in [3.8, 4) is 11.3 Å². The van der Waals surface area contributed by atoms with Gasteiger partial charge in [-0.1, -0.05) is 48.0 Å². The minimum atomic E-state index is -0.505. The van der Waals surface area contributed by atoms with Crippen molar-refractivity contribution in [2.75, 3.05) is 0 Å². The monoisotopic (exact) mass is 379 g/mol. The number of thiophene rings is 1. The molecule has 1 unspecified atom stereocenters. The molecule has 4 heteroatoms. The van der Waals surface area contributed by atoms with Gasteiger partial charge in [0.25, 0.3) is 0 Å². The van der Waals surface area contributed by atoms with Crippen molar-refractivity contribution >= 4 is 33.0 Å². The SMILES string of the molecule is CC(O)c1ccnc(-c2cccc3cc(Cc4ccccc4Cl)sc23)c1. The molecule has 0 aliphatic heterocycles. The van der Waals surface area contributed by atoms with Gasteiger partial charge in [0, 0.05) is 32.8 Å². The van der Waals surface area contributed by atoms with Crippen molar-refractivity contribution in [2.45, 2.75) is 19.4 Å². The van der Waals surface area contributed by atoms with Crippen LogP contribution in [0, 0.1) is 0 Å². The predicted molar refractivity (Wildman–Crippen MR) is 110 cm³/mol. The average molecular weight is 380 g/mol. The van der Waals surface area contributed by atoms with E-state index >= 15 is 0 Å². The second kappa shape index (κ2) is 7.20. The summed E-state index contributed by atoms with van der Waals surface area (Å²) in [5.41, 5.74) is 4.00. The first-order valence-electron chi connectivity index (χ1n) is 8.51. The number of halogens is 1. The van der Waals surface area contributed by atoms with Crippen molar-refractivity contribution in [2.24, 2.45) is 0 Å². The maximum Gasteiger partial charge on any atom is 0.0763 e. The average Bonchev–Trinajstić information content (AvgIpc) is 3.06. The van der Waals surface area contributed by atoms with Crippen molar-refractivity contribution in [3.05, 3.63) is 87.9 Å². The van der Waals surface area contributed by atoms with Gasteiger partial charge in [-0.05, 0) is 47.7 Å². The van der Waals surface area contributed by atoms with Crippen LogP contribution in [-0.2, 0) is 6.42 Å². The number of fused-ring (bicyclic) bond motifs is 1. The summed E-state index contributed by atoms with van der Waals surface area (Å²) in [6.07, 6.45) is 2.07. The third-order valence-electron chi connectivity index (χ3n) is 4.46. The lowest BCUT2D eigenvalue weighted by Crippen LogP contribution is -1.93. The molecular formula is C22H18ClNOS. The Morgan fingerprint density at radius 3 is 2.73 bits per heavy atom. The normalized spacial score (nSPS) is 12.4. The molecule has 2 aromatic heterocycles. The highest BCUT2D eigenvalue weighted by Crippen LogP contribution is 2.36. The second-order valence-electron chi connectivity index (χ2n) is 6.36. The zero-order valence-corrected chi connectivity index (χ0v) is 15.9. The molecule has 4 aromatic rings. The Balaban J connectivity index is 1.77. The summed E-state index contributed by atoms with van der Waals surface area (Å²) in [7, 11) is 0.